The SMILES string of the molecule is COC(=O)[C@H](CS(=O)(=O)Cl)NC(C)=O. The Bertz CT molecular complexity index is 325. The minimum atomic E-state index is -3.87. The van der Waals surface area contributed by atoms with Gasteiger partial charge in [0.15, 0.2) is 0 Å². The average molecular weight is 244 g/mol. The first-order chi connectivity index (χ1) is 6.26. The normalized spacial score (nSPS) is 13.1. The first-order valence-corrected chi connectivity index (χ1v) is 6.01. The van der Waals surface area contributed by atoms with Crippen LogP contribution in [0.2, 0.25) is 0 Å². The monoisotopic (exact) mass is 243 g/mol. The molecule has 1 N–H and O–H groups in total. The highest BCUT2D eigenvalue weighted by molar-refractivity contribution is 8.13. The number of esters is 1. The molecule has 0 aliphatic carbocycles. The van der Waals surface area contributed by atoms with E-state index in [2.05, 4.69) is 10.1 Å². The first kappa shape index (κ1) is 13.2. The standard InChI is InChI=1S/C6H10ClNO5S/c1-4(9)8-5(6(10)13-2)3-14(7,11)12/h5H,3H2,1-2H3,(H,8,9)/t5-/m0/s1. The third-order valence-electron chi connectivity index (χ3n) is 1.23. The van der Waals surface area contributed by atoms with E-state index in [4.69, 9.17) is 10.7 Å². The van der Waals surface area contributed by atoms with Crippen LogP contribution in [0.4, 0.5) is 0 Å². The Morgan fingerprint density at radius 2 is 2.00 bits per heavy atom. The summed E-state index contributed by atoms with van der Waals surface area (Å²) in [6, 6.07) is -1.26. The summed E-state index contributed by atoms with van der Waals surface area (Å²) >= 11 is 0. The molecule has 0 saturated heterocycles. The van der Waals surface area contributed by atoms with Gasteiger partial charge < -0.3 is 10.1 Å². The smallest absolute Gasteiger partial charge is 0.329 e. The van der Waals surface area contributed by atoms with Crippen molar-refractivity contribution >= 4 is 31.6 Å². The van der Waals surface area contributed by atoms with Gasteiger partial charge >= 0.3 is 5.97 Å². The highest BCUT2D eigenvalue weighted by Crippen LogP contribution is 2.01. The number of amides is 1. The summed E-state index contributed by atoms with van der Waals surface area (Å²) in [5, 5.41) is 2.11. The summed E-state index contributed by atoms with van der Waals surface area (Å²) in [5.41, 5.74) is 0. The van der Waals surface area contributed by atoms with Crippen LogP contribution >= 0.6 is 10.7 Å². The molecule has 1 amide bonds. The van der Waals surface area contributed by atoms with Crippen molar-refractivity contribution < 1.29 is 22.7 Å². The fourth-order valence-corrected chi connectivity index (χ4v) is 1.75. The van der Waals surface area contributed by atoms with Gasteiger partial charge in [0.1, 0.15) is 6.04 Å². The van der Waals surface area contributed by atoms with Crippen molar-refractivity contribution in [3.05, 3.63) is 0 Å². The number of ether oxygens (including phenoxy) is 1. The largest absolute Gasteiger partial charge is 0.467 e. The molecule has 14 heavy (non-hydrogen) atoms. The Balaban J connectivity index is 4.56. The van der Waals surface area contributed by atoms with Gasteiger partial charge in [-0.2, -0.15) is 0 Å². The number of hydrogen-bond acceptors (Lipinski definition) is 5. The third kappa shape index (κ3) is 5.76. The van der Waals surface area contributed by atoms with Crippen LogP contribution in [0, 0.1) is 0 Å². The Morgan fingerprint density at radius 3 is 2.29 bits per heavy atom. The number of hydrogen-bond donors (Lipinski definition) is 1. The molecule has 0 unspecified atom stereocenters. The van der Waals surface area contributed by atoms with Gasteiger partial charge in [0, 0.05) is 17.6 Å². The second kappa shape index (κ2) is 5.16. The first-order valence-electron chi connectivity index (χ1n) is 3.53. The van der Waals surface area contributed by atoms with Crippen molar-refractivity contribution in [2.24, 2.45) is 0 Å². The molecule has 6 nitrogen and oxygen atoms in total. The Hall–Kier alpha value is -0.820. The minimum Gasteiger partial charge on any atom is -0.467 e. The number of halogens is 1. The zero-order valence-electron chi connectivity index (χ0n) is 7.61. The summed E-state index contributed by atoms with van der Waals surface area (Å²) in [4.78, 5) is 21.6. The molecule has 0 radical (unpaired) electrons. The predicted octanol–water partition coefficient (Wildman–Crippen LogP) is -0.767. The second-order valence-electron chi connectivity index (χ2n) is 2.48. The van der Waals surface area contributed by atoms with Crippen LogP contribution in [0.1, 0.15) is 6.92 Å². The molecule has 0 aromatic heterocycles. The van der Waals surface area contributed by atoms with E-state index < -0.39 is 32.7 Å². The number of nitrogens with one attached hydrogen (secondary N) is 1. The van der Waals surface area contributed by atoms with E-state index in [0.29, 0.717) is 0 Å². The number of carbonyl (C=O) groups is 2. The van der Waals surface area contributed by atoms with Crippen LogP contribution in [0.25, 0.3) is 0 Å². The van der Waals surface area contributed by atoms with Gasteiger partial charge in [-0.1, -0.05) is 0 Å². The maximum atomic E-state index is 11.0. The summed E-state index contributed by atoms with van der Waals surface area (Å²) in [6.45, 7) is 1.15. The lowest BCUT2D eigenvalue weighted by atomic mass is 10.3. The molecule has 0 spiro atoms. The van der Waals surface area contributed by atoms with Crippen LogP contribution in [0.15, 0.2) is 0 Å². The zero-order chi connectivity index (χ0) is 11.4. The Kier molecular flexibility index (Phi) is 4.86. The van der Waals surface area contributed by atoms with Crippen LogP contribution in [0.3, 0.4) is 0 Å². The Morgan fingerprint density at radius 1 is 1.50 bits per heavy atom. The van der Waals surface area contributed by atoms with E-state index in [1.165, 1.54) is 0 Å². The molecule has 0 fully saturated rings. The highest BCUT2D eigenvalue weighted by Gasteiger charge is 2.25. The number of methoxy groups -OCH3 is 1. The van der Waals surface area contributed by atoms with Gasteiger partial charge in [-0.3, -0.25) is 4.79 Å². The summed E-state index contributed by atoms with van der Waals surface area (Å²) < 4.78 is 25.6. The van der Waals surface area contributed by atoms with E-state index in [9.17, 15) is 18.0 Å². The molecule has 0 aliphatic heterocycles. The van der Waals surface area contributed by atoms with Crippen molar-refractivity contribution in [2.75, 3.05) is 12.9 Å². The van der Waals surface area contributed by atoms with E-state index >= 15 is 0 Å². The van der Waals surface area contributed by atoms with Gasteiger partial charge in [0.25, 0.3) is 0 Å². The molecule has 1 atom stereocenters. The molecule has 0 aliphatic rings. The quantitative estimate of drug-likeness (QED) is 0.518. The van der Waals surface area contributed by atoms with Crippen molar-refractivity contribution in [1.29, 1.82) is 0 Å². The molecule has 0 aromatic carbocycles. The molecule has 0 heterocycles. The zero-order valence-corrected chi connectivity index (χ0v) is 9.18. The highest BCUT2D eigenvalue weighted by atomic mass is 35.7. The number of carbonyl (C=O) groups excluding carboxylic acids is 2. The fraction of sp³-hybridized carbons (Fsp3) is 0.667. The van der Waals surface area contributed by atoms with Gasteiger partial charge in [-0.15, -0.1) is 0 Å². The lowest BCUT2D eigenvalue weighted by molar-refractivity contribution is -0.144. The summed E-state index contributed by atoms with van der Waals surface area (Å²) in [5.74, 6) is -2.09. The molecule has 0 aromatic rings. The van der Waals surface area contributed by atoms with Gasteiger partial charge in [-0.25, -0.2) is 13.2 Å². The van der Waals surface area contributed by atoms with Crippen molar-refractivity contribution in [2.45, 2.75) is 13.0 Å². The summed E-state index contributed by atoms with van der Waals surface area (Å²) in [6.07, 6.45) is 0. The molecular weight excluding hydrogens is 234 g/mol. The van der Waals surface area contributed by atoms with Gasteiger partial charge in [0.05, 0.1) is 12.9 Å². The van der Waals surface area contributed by atoms with Gasteiger partial charge in [-0.05, 0) is 0 Å². The fourth-order valence-electron chi connectivity index (χ4n) is 0.755. The van der Waals surface area contributed by atoms with Crippen LogP contribution < -0.4 is 5.32 Å². The Labute approximate surface area is 86.0 Å². The lowest BCUT2D eigenvalue weighted by Gasteiger charge is -2.12. The molecular formula is C6H10ClNO5S. The summed E-state index contributed by atoms with van der Waals surface area (Å²) in [7, 11) is 2.14. The topological polar surface area (TPSA) is 89.5 Å². The van der Waals surface area contributed by atoms with Crippen LogP contribution in [0.5, 0.6) is 0 Å². The van der Waals surface area contributed by atoms with E-state index in [-0.39, 0.29) is 0 Å². The second-order valence-corrected chi connectivity index (χ2v) is 5.30. The molecule has 8 heteroatoms. The van der Waals surface area contributed by atoms with Crippen molar-refractivity contribution in [3.8, 4) is 0 Å². The maximum Gasteiger partial charge on any atom is 0.329 e. The van der Waals surface area contributed by atoms with E-state index in [1.807, 2.05) is 0 Å². The minimum absolute atomic E-state index is 0.541. The number of rotatable bonds is 4. The van der Waals surface area contributed by atoms with Gasteiger partial charge in [0.2, 0.25) is 15.0 Å². The molecule has 82 valence electrons. The third-order valence-corrected chi connectivity index (χ3v) is 2.34. The molecule has 0 bridgehead atoms. The van der Waals surface area contributed by atoms with E-state index in [1.54, 1.807) is 0 Å². The van der Waals surface area contributed by atoms with Crippen molar-refractivity contribution in [1.82, 2.24) is 5.32 Å². The molecule has 0 rings (SSSR count). The average Bonchev–Trinajstić information content (AvgIpc) is 1.98. The van der Waals surface area contributed by atoms with E-state index in [0.717, 1.165) is 14.0 Å². The molecule has 0 saturated carbocycles. The maximum absolute atomic E-state index is 11.0. The lowest BCUT2D eigenvalue weighted by Crippen LogP contribution is -2.44. The van der Waals surface area contributed by atoms with Crippen LogP contribution in [-0.4, -0.2) is 39.2 Å². The van der Waals surface area contributed by atoms with Crippen LogP contribution in [-0.2, 0) is 23.4 Å². The van der Waals surface area contributed by atoms with Crippen molar-refractivity contribution in [3.63, 3.8) is 0 Å². The predicted molar refractivity (Wildman–Crippen MR) is 49.3 cm³/mol.